The summed E-state index contributed by atoms with van der Waals surface area (Å²) < 4.78 is 5.41. The minimum Gasteiger partial charge on any atom is -0.463 e. The molecule has 2 aromatic heterocycles. The van der Waals surface area contributed by atoms with Crippen LogP contribution in [-0.4, -0.2) is 44.8 Å². The monoisotopic (exact) mass is 450 g/mol. The number of amides is 3. The van der Waals surface area contributed by atoms with Crippen LogP contribution in [0.5, 0.6) is 0 Å². The Balaban J connectivity index is 1.42. The van der Waals surface area contributed by atoms with E-state index in [0.717, 1.165) is 21.9 Å². The highest BCUT2D eigenvalue weighted by atomic mass is 32.1. The normalized spacial score (nSPS) is 17.6. The molecule has 0 N–H and O–H groups in total. The zero-order valence-corrected chi connectivity index (χ0v) is 17.2. The molecular weight excluding hydrogens is 436 g/mol. The van der Waals surface area contributed by atoms with E-state index in [2.05, 4.69) is 5.10 Å². The van der Waals surface area contributed by atoms with Crippen LogP contribution in [-0.2, 0) is 4.79 Å². The first kappa shape index (κ1) is 19.8. The van der Waals surface area contributed by atoms with Crippen LogP contribution < -0.4 is 0 Å². The van der Waals surface area contributed by atoms with Gasteiger partial charge in [0.25, 0.3) is 23.4 Å². The highest BCUT2D eigenvalue weighted by Gasteiger charge is 2.41. The Morgan fingerprint density at radius 3 is 2.69 bits per heavy atom. The molecule has 0 spiro atoms. The van der Waals surface area contributed by atoms with E-state index in [1.807, 2.05) is 17.5 Å². The summed E-state index contributed by atoms with van der Waals surface area (Å²) >= 11 is 1.47. The van der Waals surface area contributed by atoms with Gasteiger partial charge < -0.3 is 4.42 Å². The molecule has 3 aromatic rings. The van der Waals surface area contributed by atoms with E-state index in [-0.39, 0.29) is 22.9 Å². The SMILES string of the molecule is O=C1c2ccc([N+](=O)[O-])cc2C(=O)N1CC(=O)N1N=C(c2ccco2)CC1c1cccs1. The van der Waals surface area contributed by atoms with E-state index in [1.54, 1.807) is 12.1 Å². The molecule has 2 aliphatic heterocycles. The molecule has 0 fully saturated rings. The lowest BCUT2D eigenvalue weighted by molar-refractivity contribution is -0.384. The molecule has 11 heteroatoms. The van der Waals surface area contributed by atoms with Gasteiger partial charge in [-0.3, -0.25) is 29.4 Å². The number of non-ortho nitro benzene ring substituents is 1. The number of benzene rings is 1. The number of hydrazone groups is 1. The van der Waals surface area contributed by atoms with Crippen molar-refractivity contribution in [2.45, 2.75) is 12.5 Å². The Labute approximate surface area is 184 Å². The van der Waals surface area contributed by atoms with Crippen molar-refractivity contribution in [2.75, 3.05) is 6.54 Å². The van der Waals surface area contributed by atoms with Gasteiger partial charge in [0.2, 0.25) is 0 Å². The Kier molecular flexibility index (Phi) is 4.67. The van der Waals surface area contributed by atoms with Crippen molar-refractivity contribution in [3.8, 4) is 0 Å². The fourth-order valence-electron chi connectivity index (χ4n) is 3.78. The van der Waals surface area contributed by atoms with Crippen molar-refractivity contribution in [3.63, 3.8) is 0 Å². The molecule has 1 unspecified atom stereocenters. The van der Waals surface area contributed by atoms with Crippen molar-refractivity contribution in [2.24, 2.45) is 5.10 Å². The largest absolute Gasteiger partial charge is 0.463 e. The number of hydrogen-bond acceptors (Lipinski definition) is 8. The van der Waals surface area contributed by atoms with Gasteiger partial charge in [-0.2, -0.15) is 5.10 Å². The number of nitro benzene ring substituents is 1. The average Bonchev–Trinajstić information content (AvgIpc) is 3.57. The van der Waals surface area contributed by atoms with Gasteiger partial charge in [0.1, 0.15) is 18.0 Å². The molecular formula is C21H14N4O6S. The first-order valence-electron chi connectivity index (χ1n) is 9.55. The van der Waals surface area contributed by atoms with Gasteiger partial charge in [-0.15, -0.1) is 11.3 Å². The summed E-state index contributed by atoms with van der Waals surface area (Å²) in [6.07, 6.45) is 1.94. The lowest BCUT2D eigenvalue weighted by atomic mass is 10.1. The second-order valence-electron chi connectivity index (χ2n) is 7.18. The number of nitrogens with zero attached hydrogens (tertiary/aromatic N) is 4. The fourth-order valence-corrected chi connectivity index (χ4v) is 4.59. The number of furan rings is 1. The van der Waals surface area contributed by atoms with Crippen LogP contribution in [0.2, 0.25) is 0 Å². The molecule has 4 heterocycles. The van der Waals surface area contributed by atoms with Crippen LogP contribution in [0.25, 0.3) is 0 Å². The van der Waals surface area contributed by atoms with Crippen molar-refractivity contribution < 1.29 is 23.7 Å². The molecule has 0 saturated carbocycles. The fraction of sp³-hybridized carbons (Fsp3) is 0.143. The third kappa shape index (κ3) is 3.19. The average molecular weight is 450 g/mol. The number of imide groups is 1. The quantitative estimate of drug-likeness (QED) is 0.334. The van der Waals surface area contributed by atoms with Gasteiger partial charge in [0.15, 0.2) is 0 Å². The van der Waals surface area contributed by atoms with Crippen LogP contribution in [0.4, 0.5) is 5.69 Å². The predicted molar refractivity (Wildman–Crippen MR) is 112 cm³/mol. The molecule has 160 valence electrons. The summed E-state index contributed by atoms with van der Waals surface area (Å²) in [7, 11) is 0. The van der Waals surface area contributed by atoms with Crippen molar-refractivity contribution in [1.82, 2.24) is 9.91 Å². The van der Waals surface area contributed by atoms with E-state index < -0.39 is 29.2 Å². The van der Waals surface area contributed by atoms with E-state index >= 15 is 0 Å². The molecule has 0 saturated heterocycles. The highest BCUT2D eigenvalue weighted by Crippen LogP contribution is 2.36. The standard InChI is InChI=1S/C21H14N4O6S/c26-19(11-23-20(27)13-6-5-12(25(29)30)9-14(13)21(23)28)24-16(18-4-2-8-32-18)10-15(22-24)17-3-1-7-31-17/h1-9,16H,10-11H2. The first-order chi connectivity index (χ1) is 15.4. The summed E-state index contributed by atoms with van der Waals surface area (Å²) in [6, 6.07) is 10.3. The number of nitro groups is 1. The van der Waals surface area contributed by atoms with Gasteiger partial charge in [0, 0.05) is 23.4 Å². The maximum Gasteiger partial charge on any atom is 0.270 e. The van der Waals surface area contributed by atoms with Crippen LogP contribution in [0, 0.1) is 10.1 Å². The van der Waals surface area contributed by atoms with Gasteiger partial charge in [-0.25, -0.2) is 5.01 Å². The number of rotatable bonds is 5. The second-order valence-corrected chi connectivity index (χ2v) is 8.16. The smallest absolute Gasteiger partial charge is 0.270 e. The molecule has 10 nitrogen and oxygen atoms in total. The zero-order valence-electron chi connectivity index (χ0n) is 16.3. The van der Waals surface area contributed by atoms with Crippen molar-refractivity contribution in [1.29, 1.82) is 0 Å². The van der Waals surface area contributed by atoms with Gasteiger partial charge in [-0.05, 0) is 29.6 Å². The lowest BCUT2D eigenvalue weighted by Crippen LogP contribution is -2.40. The molecule has 32 heavy (non-hydrogen) atoms. The molecule has 3 amide bonds. The maximum atomic E-state index is 13.2. The van der Waals surface area contributed by atoms with Crippen LogP contribution in [0.1, 0.15) is 43.8 Å². The summed E-state index contributed by atoms with van der Waals surface area (Å²) in [5, 5.41) is 18.6. The molecule has 0 aliphatic carbocycles. The third-order valence-electron chi connectivity index (χ3n) is 5.30. The van der Waals surface area contributed by atoms with Gasteiger partial charge in [0.05, 0.1) is 28.4 Å². The Morgan fingerprint density at radius 2 is 2.00 bits per heavy atom. The van der Waals surface area contributed by atoms with Gasteiger partial charge in [-0.1, -0.05) is 6.07 Å². The molecule has 0 radical (unpaired) electrons. The third-order valence-corrected chi connectivity index (χ3v) is 6.28. The van der Waals surface area contributed by atoms with Crippen LogP contribution >= 0.6 is 11.3 Å². The molecule has 1 atom stereocenters. The summed E-state index contributed by atoms with van der Waals surface area (Å²) in [5.74, 6) is -1.43. The number of carbonyl (C=O) groups excluding carboxylic acids is 3. The summed E-state index contributed by atoms with van der Waals surface area (Å²) in [4.78, 5) is 50.7. The van der Waals surface area contributed by atoms with Crippen molar-refractivity contribution >= 4 is 40.5 Å². The van der Waals surface area contributed by atoms with Crippen molar-refractivity contribution in [3.05, 3.63) is 86.0 Å². The number of thiophene rings is 1. The topological polar surface area (TPSA) is 126 Å². The number of fused-ring (bicyclic) bond motifs is 1. The summed E-state index contributed by atoms with van der Waals surface area (Å²) in [5.41, 5.74) is 0.222. The first-order valence-corrected chi connectivity index (χ1v) is 10.4. The molecule has 0 bridgehead atoms. The van der Waals surface area contributed by atoms with E-state index in [9.17, 15) is 24.5 Å². The molecule has 1 aromatic carbocycles. The lowest BCUT2D eigenvalue weighted by Gasteiger charge is -2.23. The highest BCUT2D eigenvalue weighted by molar-refractivity contribution is 7.10. The van der Waals surface area contributed by atoms with Crippen LogP contribution in [0.15, 0.2) is 63.6 Å². The van der Waals surface area contributed by atoms with E-state index in [0.29, 0.717) is 17.9 Å². The minimum absolute atomic E-state index is 0.0319. The second kappa shape index (κ2) is 7.54. The Bertz CT molecular complexity index is 1280. The maximum absolute atomic E-state index is 13.2. The summed E-state index contributed by atoms with van der Waals surface area (Å²) in [6.45, 7) is -0.531. The zero-order chi connectivity index (χ0) is 22.4. The Hall–Kier alpha value is -4.12. The number of hydrogen-bond donors (Lipinski definition) is 0. The van der Waals surface area contributed by atoms with E-state index in [1.165, 1.54) is 28.7 Å². The predicted octanol–water partition coefficient (Wildman–Crippen LogP) is 3.22. The number of carbonyl (C=O) groups is 3. The van der Waals surface area contributed by atoms with E-state index in [4.69, 9.17) is 4.42 Å². The molecule has 5 rings (SSSR count). The molecule has 2 aliphatic rings. The van der Waals surface area contributed by atoms with Crippen LogP contribution in [0.3, 0.4) is 0 Å². The Morgan fingerprint density at radius 1 is 1.19 bits per heavy atom. The minimum atomic E-state index is -0.746. The van der Waals surface area contributed by atoms with Gasteiger partial charge >= 0.3 is 0 Å².